The fourth-order valence-corrected chi connectivity index (χ4v) is 2.78. The number of carbonyl (C=O) groups is 3. The normalized spacial score (nSPS) is 12.3. The quantitative estimate of drug-likeness (QED) is 0.282. The van der Waals surface area contributed by atoms with Gasteiger partial charge < -0.3 is 14.9 Å². The van der Waals surface area contributed by atoms with Crippen LogP contribution in [0.5, 0.6) is 0 Å². The lowest BCUT2D eigenvalue weighted by Gasteiger charge is -2.24. The molecule has 1 amide bonds. The van der Waals surface area contributed by atoms with Crippen molar-refractivity contribution in [2.24, 2.45) is 0 Å². The van der Waals surface area contributed by atoms with Gasteiger partial charge in [0.2, 0.25) is 0 Å². The lowest BCUT2D eigenvalue weighted by atomic mass is 10.0. The maximum atomic E-state index is 14.1. The molecule has 0 radical (unpaired) electrons. The van der Waals surface area contributed by atoms with E-state index in [0.717, 1.165) is 5.01 Å². The number of hydrogen-bond acceptors (Lipinski definition) is 6. The van der Waals surface area contributed by atoms with Crippen LogP contribution in [0.2, 0.25) is 5.02 Å². The summed E-state index contributed by atoms with van der Waals surface area (Å²) in [4.78, 5) is 34.6. The topological polar surface area (TPSA) is 116 Å². The molecule has 0 aromatic heterocycles. The molecule has 8 nitrogen and oxygen atoms in total. The number of aliphatic hydroxyl groups is 1. The van der Waals surface area contributed by atoms with Crippen LogP contribution >= 0.6 is 11.6 Å². The van der Waals surface area contributed by atoms with Crippen molar-refractivity contribution in [3.8, 4) is 11.1 Å². The molecule has 0 bridgehead atoms. The van der Waals surface area contributed by atoms with Crippen molar-refractivity contribution >= 4 is 29.4 Å². The maximum absolute atomic E-state index is 14.1. The first kappa shape index (κ1) is 26.1. The molecule has 0 aliphatic rings. The van der Waals surface area contributed by atoms with Crippen LogP contribution in [0.15, 0.2) is 42.5 Å². The highest BCUT2D eigenvalue weighted by atomic mass is 35.5. The fraction of sp³-hybridized carbons (Fsp3) is 0.286. The molecule has 0 saturated carbocycles. The second-order valence-corrected chi connectivity index (χ2v) is 7.58. The number of nitrogens with zero attached hydrogens (tertiary/aromatic N) is 1. The van der Waals surface area contributed by atoms with E-state index >= 15 is 0 Å². The molecule has 0 aliphatic heterocycles. The van der Waals surface area contributed by atoms with E-state index in [2.05, 4.69) is 4.74 Å². The zero-order chi connectivity index (χ0) is 24.8. The van der Waals surface area contributed by atoms with Crippen molar-refractivity contribution in [3.63, 3.8) is 0 Å². The van der Waals surface area contributed by atoms with Gasteiger partial charge in [0.25, 0.3) is 5.92 Å². The summed E-state index contributed by atoms with van der Waals surface area (Å²) < 4.78 is 43.9. The Balaban J connectivity index is 2.14. The number of hydrogen-bond donors (Lipinski definition) is 3. The number of amides is 1. The van der Waals surface area contributed by atoms with Gasteiger partial charge in [0, 0.05) is 24.1 Å². The number of aliphatic carboxylic acids is 1. The number of alkyl halides is 2. The number of esters is 1. The number of halogens is 4. The summed E-state index contributed by atoms with van der Waals surface area (Å²) in [6, 6.07) is 10.2. The molecule has 2 aromatic rings. The minimum absolute atomic E-state index is 0.189. The number of benzene rings is 2. The average molecular weight is 489 g/mol. The Morgan fingerprint density at radius 3 is 2.39 bits per heavy atom. The van der Waals surface area contributed by atoms with Gasteiger partial charge in [-0.2, -0.15) is 0 Å². The number of hydrazine groups is 1. The van der Waals surface area contributed by atoms with Crippen LogP contribution in [0.1, 0.15) is 12.5 Å². The molecule has 33 heavy (non-hydrogen) atoms. The third kappa shape index (κ3) is 8.37. The first-order chi connectivity index (χ1) is 15.4. The summed E-state index contributed by atoms with van der Waals surface area (Å²) in [6.07, 6.45) is -1.93. The zero-order valence-electron chi connectivity index (χ0n) is 17.2. The largest absolute Gasteiger partial charge is 0.479 e. The van der Waals surface area contributed by atoms with E-state index < -0.39 is 48.8 Å². The van der Waals surface area contributed by atoms with Crippen LogP contribution in [-0.2, 0) is 25.7 Å². The van der Waals surface area contributed by atoms with Crippen LogP contribution in [0.25, 0.3) is 11.1 Å². The molecule has 0 heterocycles. The van der Waals surface area contributed by atoms with Gasteiger partial charge in [-0.3, -0.25) is 10.2 Å². The molecule has 0 fully saturated rings. The number of carboxylic acid groups (broad SMARTS) is 1. The molecule has 12 heteroatoms. The number of ether oxygens (including phenoxy) is 1. The van der Waals surface area contributed by atoms with Crippen LogP contribution in [-0.4, -0.2) is 58.2 Å². The van der Waals surface area contributed by atoms with E-state index in [1.54, 1.807) is 12.1 Å². The van der Waals surface area contributed by atoms with Crippen molar-refractivity contribution in [1.82, 2.24) is 10.4 Å². The van der Waals surface area contributed by atoms with Gasteiger partial charge >= 0.3 is 17.8 Å². The van der Waals surface area contributed by atoms with Gasteiger partial charge in [-0.05, 0) is 29.3 Å². The molecule has 3 N–H and O–H groups in total. The maximum Gasteiger partial charge on any atom is 0.398 e. The van der Waals surface area contributed by atoms with Gasteiger partial charge in [0.05, 0.1) is 6.54 Å². The Hall–Kier alpha value is -3.15. The first-order valence-electron chi connectivity index (χ1n) is 9.41. The smallest absolute Gasteiger partial charge is 0.398 e. The summed E-state index contributed by atoms with van der Waals surface area (Å²) in [5.41, 5.74) is 3.24. The molecule has 0 aliphatic carbocycles. The zero-order valence-corrected chi connectivity index (χ0v) is 18.0. The summed E-state index contributed by atoms with van der Waals surface area (Å²) in [7, 11) is 0. The third-order valence-corrected chi connectivity index (χ3v) is 4.38. The second kappa shape index (κ2) is 11.1. The standard InChI is InChI=1S/C21H20ClF3N2O6/c1-21(24,25)11-33-20(32)18(29)26-27(10-17(28)19(30)31)9-12-2-4-13(5-3-12)15-8-14(22)6-7-16(15)23/h2-8,17,28H,9-11H2,1H3,(H,26,29)(H,30,31). The molecule has 0 spiro atoms. The molecule has 2 aromatic carbocycles. The van der Waals surface area contributed by atoms with Gasteiger partial charge in [-0.25, -0.2) is 27.8 Å². The van der Waals surface area contributed by atoms with Crippen molar-refractivity contribution in [2.75, 3.05) is 13.2 Å². The first-order valence-corrected chi connectivity index (χ1v) is 9.79. The monoisotopic (exact) mass is 488 g/mol. The van der Waals surface area contributed by atoms with E-state index in [1.165, 1.54) is 30.3 Å². The van der Waals surface area contributed by atoms with Crippen LogP contribution in [0, 0.1) is 5.82 Å². The molecule has 178 valence electrons. The minimum Gasteiger partial charge on any atom is -0.479 e. The third-order valence-electron chi connectivity index (χ3n) is 4.15. The molecular formula is C21H20ClF3N2O6. The number of carbonyl (C=O) groups excluding carboxylic acids is 2. The van der Waals surface area contributed by atoms with Gasteiger partial charge in [0.15, 0.2) is 12.7 Å². The van der Waals surface area contributed by atoms with Crippen LogP contribution in [0.4, 0.5) is 13.2 Å². The lowest BCUT2D eigenvalue weighted by Crippen LogP contribution is -2.49. The Labute approximate surface area is 191 Å². The van der Waals surface area contributed by atoms with E-state index in [9.17, 15) is 32.7 Å². The molecule has 0 saturated heterocycles. The van der Waals surface area contributed by atoms with Crippen molar-refractivity contribution < 1.29 is 42.5 Å². The molecular weight excluding hydrogens is 469 g/mol. The van der Waals surface area contributed by atoms with Crippen molar-refractivity contribution in [2.45, 2.75) is 25.5 Å². The highest BCUT2D eigenvalue weighted by Gasteiger charge is 2.28. The second-order valence-electron chi connectivity index (χ2n) is 7.14. The Morgan fingerprint density at radius 2 is 1.82 bits per heavy atom. The summed E-state index contributed by atoms with van der Waals surface area (Å²) in [5, 5.41) is 19.8. The van der Waals surface area contributed by atoms with E-state index in [0.29, 0.717) is 23.1 Å². The number of nitrogens with one attached hydrogen (secondary N) is 1. The van der Waals surface area contributed by atoms with E-state index in [-0.39, 0.29) is 12.1 Å². The van der Waals surface area contributed by atoms with E-state index in [4.69, 9.17) is 16.7 Å². The molecule has 2 rings (SSSR count). The van der Waals surface area contributed by atoms with Gasteiger partial charge in [0.1, 0.15) is 5.82 Å². The summed E-state index contributed by atoms with van der Waals surface area (Å²) >= 11 is 5.90. The van der Waals surface area contributed by atoms with Gasteiger partial charge in [-0.1, -0.05) is 35.9 Å². The number of carboxylic acids is 1. The summed E-state index contributed by atoms with van der Waals surface area (Å²) in [5.74, 6) is -8.48. The highest BCUT2D eigenvalue weighted by Crippen LogP contribution is 2.26. The van der Waals surface area contributed by atoms with Crippen molar-refractivity contribution in [3.05, 3.63) is 58.9 Å². The minimum atomic E-state index is -3.35. The van der Waals surface area contributed by atoms with Crippen molar-refractivity contribution in [1.29, 1.82) is 0 Å². The molecule has 1 unspecified atom stereocenters. The lowest BCUT2D eigenvalue weighted by molar-refractivity contribution is -0.164. The number of aliphatic hydroxyl groups excluding tert-OH is 1. The molecule has 1 atom stereocenters. The van der Waals surface area contributed by atoms with Crippen LogP contribution < -0.4 is 5.43 Å². The van der Waals surface area contributed by atoms with E-state index in [1.807, 2.05) is 5.43 Å². The SMILES string of the molecule is CC(F)(F)COC(=O)C(=O)NN(Cc1ccc(-c2cc(Cl)ccc2F)cc1)CC(O)C(=O)O. The average Bonchev–Trinajstić information content (AvgIpc) is 2.73. The Bertz CT molecular complexity index is 1010. The number of rotatable bonds is 9. The summed E-state index contributed by atoms with van der Waals surface area (Å²) in [6.45, 7) is -1.65. The highest BCUT2D eigenvalue weighted by molar-refractivity contribution is 6.32. The fourth-order valence-electron chi connectivity index (χ4n) is 2.61. The van der Waals surface area contributed by atoms with Gasteiger partial charge in [-0.15, -0.1) is 0 Å². The van der Waals surface area contributed by atoms with Crippen LogP contribution in [0.3, 0.4) is 0 Å². The predicted octanol–water partition coefficient (Wildman–Crippen LogP) is 2.62. The predicted molar refractivity (Wildman–Crippen MR) is 111 cm³/mol. The Kier molecular flexibility index (Phi) is 8.80. The Morgan fingerprint density at radius 1 is 1.18 bits per heavy atom.